The standard InChI is InChI=1S/C17H14BrNO2/c1-11-6-7-14(16(18)8-11)17(20)15(10-19)12-4-3-5-13(9-12)21-2/h3-9,15H,1-2H3. The van der Waals surface area contributed by atoms with E-state index in [0.717, 1.165) is 5.56 Å². The number of Topliss-reactive ketones (excluding diaryl/α,β-unsaturated/α-hetero) is 1. The molecule has 0 aliphatic heterocycles. The van der Waals surface area contributed by atoms with Crippen LogP contribution in [0.25, 0.3) is 0 Å². The van der Waals surface area contributed by atoms with Crippen molar-refractivity contribution >= 4 is 21.7 Å². The molecule has 3 nitrogen and oxygen atoms in total. The van der Waals surface area contributed by atoms with Crippen LogP contribution in [0.1, 0.15) is 27.4 Å². The van der Waals surface area contributed by atoms with Gasteiger partial charge < -0.3 is 4.74 Å². The number of ether oxygens (including phenoxy) is 1. The Bertz CT molecular complexity index is 719. The second kappa shape index (κ2) is 6.55. The summed E-state index contributed by atoms with van der Waals surface area (Å²) in [7, 11) is 1.55. The van der Waals surface area contributed by atoms with E-state index in [1.807, 2.05) is 19.1 Å². The fourth-order valence-corrected chi connectivity index (χ4v) is 2.77. The molecule has 0 aliphatic rings. The first-order valence-corrected chi connectivity index (χ1v) is 7.20. The number of carbonyl (C=O) groups is 1. The fourth-order valence-electron chi connectivity index (χ4n) is 2.08. The first kappa shape index (κ1) is 15.3. The molecule has 0 aromatic heterocycles. The van der Waals surface area contributed by atoms with Gasteiger partial charge in [-0.2, -0.15) is 5.26 Å². The molecule has 2 aromatic rings. The number of ketones is 1. The number of aryl methyl sites for hydroxylation is 1. The van der Waals surface area contributed by atoms with Crippen LogP contribution in [0.2, 0.25) is 0 Å². The van der Waals surface area contributed by atoms with Gasteiger partial charge in [-0.15, -0.1) is 0 Å². The minimum absolute atomic E-state index is 0.224. The highest BCUT2D eigenvalue weighted by Crippen LogP contribution is 2.27. The summed E-state index contributed by atoms with van der Waals surface area (Å²) in [6.07, 6.45) is 0. The van der Waals surface area contributed by atoms with Gasteiger partial charge in [0, 0.05) is 10.0 Å². The molecule has 1 unspecified atom stereocenters. The van der Waals surface area contributed by atoms with Crippen LogP contribution in [0.4, 0.5) is 0 Å². The molecule has 2 aromatic carbocycles. The van der Waals surface area contributed by atoms with Crippen molar-refractivity contribution in [2.75, 3.05) is 7.11 Å². The van der Waals surface area contributed by atoms with Crippen molar-refractivity contribution in [2.45, 2.75) is 12.8 Å². The summed E-state index contributed by atoms with van der Waals surface area (Å²) >= 11 is 3.39. The predicted molar refractivity (Wildman–Crippen MR) is 84.6 cm³/mol. The maximum absolute atomic E-state index is 12.6. The SMILES string of the molecule is COc1cccc(C(C#N)C(=O)c2ccc(C)cc2Br)c1. The number of hydrogen-bond acceptors (Lipinski definition) is 3. The lowest BCUT2D eigenvalue weighted by molar-refractivity contribution is 0.0978. The van der Waals surface area contributed by atoms with Gasteiger partial charge in [-0.1, -0.05) is 34.1 Å². The van der Waals surface area contributed by atoms with E-state index < -0.39 is 5.92 Å². The van der Waals surface area contributed by atoms with E-state index in [0.29, 0.717) is 21.3 Å². The fraction of sp³-hybridized carbons (Fsp3) is 0.176. The van der Waals surface area contributed by atoms with E-state index in [1.165, 1.54) is 0 Å². The molecule has 0 heterocycles. The molecule has 0 N–H and O–H groups in total. The number of methoxy groups -OCH3 is 1. The van der Waals surface area contributed by atoms with Crippen molar-refractivity contribution in [1.29, 1.82) is 5.26 Å². The summed E-state index contributed by atoms with van der Waals surface area (Å²) in [4.78, 5) is 12.6. The van der Waals surface area contributed by atoms with Gasteiger partial charge in [0.2, 0.25) is 0 Å². The average molecular weight is 344 g/mol. The topological polar surface area (TPSA) is 50.1 Å². The third kappa shape index (κ3) is 3.32. The molecular weight excluding hydrogens is 330 g/mol. The van der Waals surface area contributed by atoms with Gasteiger partial charge in [-0.05, 0) is 42.3 Å². The van der Waals surface area contributed by atoms with E-state index >= 15 is 0 Å². The predicted octanol–water partition coefficient (Wildman–Crippen LogP) is 4.26. The summed E-state index contributed by atoms with van der Waals surface area (Å²) in [6, 6.07) is 14.6. The molecule has 21 heavy (non-hydrogen) atoms. The largest absolute Gasteiger partial charge is 0.497 e. The van der Waals surface area contributed by atoms with E-state index in [-0.39, 0.29) is 5.78 Å². The van der Waals surface area contributed by atoms with E-state index in [1.54, 1.807) is 37.4 Å². The Balaban J connectivity index is 2.41. The number of hydrogen-bond donors (Lipinski definition) is 0. The number of benzene rings is 2. The molecule has 2 rings (SSSR count). The highest BCUT2D eigenvalue weighted by Gasteiger charge is 2.23. The highest BCUT2D eigenvalue weighted by molar-refractivity contribution is 9.10. The zero-order chi connectivity index (χ0) is 15.4. The van der Waals surface area contributed by atoms with Gasteiger partial charge in [-0.25, -0.2) is 0 Å². The highest BCUT2D eigenvalue weighted by atomic mass is 79.9. The lowest BCUT2D eigenvalue weighted by atomic mass is 9.91. The molecular formula is C17H14BrNO2. The molecule has 4 heteroatoms. The normalized spacial score (nSPS) is 11.5. The van der Waals surface area contributed by atoms with Gasteiger partial charge >= 0.3 is 0 Å². The Morgan fingerprint density at radius 3 is 2.67 bits per heavy atom. The minimum atomic E-state index is -0.848. The Hall–Kier alpha value is -2.12. The minimum Gasteiger partial charge on any atom is -0.497 e. The molecule has 0 saturated carbocycles. The van der Waals surface area contributed by atoms with E-state index in [2.05, 4.69) is 22.0 Å². The number of nitriles is 1. The Kier molecular flexibility index (Phi) is 4.77. The van der Waals surface area contributed by atoms with Gasteiger partial charge in [0.25, 0.3) is 0 Å². The second-order valence-corrected chi connectivity index (χ2v) is 5.54. The first-order valence-electron chi connectivity index (χ1n) is 6.40. The van der Waals surface area contributed by atoms with Crippen LogP contribution < -0.4 is 4.74 Å². The van der Waals surface area contributed by atoms with Crippen LogP contribution in [-0.4, -0.2) is 12.9 Å². The number of carbonyl (C=O) groups excluding carboxylic acids is 1. The van der Waals surface area contributed by atoms with Gasteiger partial charge in [-0.3, -0.25) is 4.79 Å². The van der Waals surface area contributed by atoms with Crippen molar-refractivity contribution in [3.63, 3.8) is 0 Å². The van der Waals surface area contributed by atoms with Gasteiger partial charge in [0.05, 0.1) is 13.2 Å². The van der Waals surface area contributed by atoms with Crippen LogP contribution in [0.3, 0.4) is 0 Å². The average Bonchev–Trinajstić information content (AvgIpc) is 2.48. The lowest BCUT2D eigenvalue weighted by Gasteiger charge is -2.11. The van der Waals surface area contributed by atoms with Crippen molar-refractivity contribution < 1.29 is 9.53 Å². The Labute approximate surface area is 132 Å². The summed E-state index contributed by atoms with van der Waals surface area (Å²) in [5.41, 5.74) is 2.19. The summed E-state index contributed by atoms with van der Waals surface area (Å²) < 4.78 is 5.85. The molecule has 0 fully saturated rings. The maximum atomic E-state index is 12.6. The monoisotopic (exact) mass is 343 g/mol. The number of rotatable bonds is 4. The van der Waals surface area contributed by atoms with Crippen LogP contribution >= 0.6 is 15.9 Å². The summed E-state index contributed by atoms with van der Waals surface area (Å²) in [5.74, 6) is -0.444. The molecule has 106 valence electrons. The van der Waals surface area contributed by atoms with Gasteiger partial charge in [0.1, 0.15) is 11.7 Å². The summed E-state index contributed by atoms with van der Waals surface area (Å²) in [5, 5.41) is 9.39. The lowest BCUT2D eigenvalue weighted by Crippen LogP contribution is -2.12. The van der Waals surface area contributed by atoms with Crippen molar-refractivity contribution in [1.82, 2.24) is 0 Å². The molecule has 0 aliphatic carbocycles. The number of halogens is 1. The zero-order valence-electron chi connectivity index (χ0n) is 11.8. The molecule has 0 radical (unpaired) electrons. The molecule has 1 atom stereocenters. The summed E-state index contributed by atoms with van der Waals surface area (Å²) in [6.45, 7) is 1.95. The molecule has 0 spiro atoms. The Morgan fingerprint density at radius 1 is 1.29 bits per heavy atom. The third-order valence-corrected chi connectivity index (χ3v) is 3.86. The van der Waals surface area contributed by atoms with E-state index in [9.17, 15) is 10.1 Å². The van der Waals surface area contributed by atoms with Crippen LogP contribution in [-0.2, 0) is 0 Å². The third-order valence-electron chi connectivity index (χ3n) is 3.21. The first-order chi connectivity index (χ1) is 10.1. The van der Waals surface area contributed by atoms with Crippen molar-refractivity contribution in [2.24, 2.45) is 0 Å². The van der Waals surface area contributed by atoms with Crippen molar-refractivity contribution in [3.05, 3.63) is 63.6 Å². The quantitative estimate of drug-likeness (QED) is 0.779. The van der Waals surface area contributed by atoms with Crippen LogP contribution in [0.15, 0.2) is 46.9 Å². The molecule has 0 amide bonds. The maximum Gasteiger partial charge on any atom is 0.185 e. The number of nitrogens with zero attached hydrogens (tertiary/aromatic N) is 1. The molecule has 0 bridgehead atoms. The van der Waals surface area contributed by atoms with Crippen LogP contribution in [0.5, 0.6) is 5.75 Å². The molecule has 0 saturated heterocycles. The second-order valence-electron chi connectivity index (χ2n) is 4.69. The van der Waals surface area contributed by atoms with Crippen molar-refractivity contribution in [3.8, 4) is 11.8 Å². The smallest absolute Gasteiger partial charge is 0.185 e. The van der Waals surface area contributed by atoms with E-state index in [4.69, 9.17) is 4.74 Å². The van der Waals surface area contributed by atoms with Gasteiger partial charge in [0.15, 0.2) is 5.78 Å². The zero-order valence-corrected chi connectivity index (χ0v) is 13.3. The Morgan fingerprint density at radius 2 is 2.05 bits per heavy atom. The van der Waals surface area contributed by atoms with Crippen LogP contribution in [0, 0.1) is 18.3 Å².